The highest BCUT2D eigenvalue weighted by Crippen LogP contribution is 2.52. The topological polar surface area (TPSA) is 29.5 Å². The maximum atomic E-state index is 9.70. The first-order valence-corrected chi connectivity index (χ1v) is 5.37. The van der Waals surface area contributed by atoms with Crippen LogP contribution in [0.15, 0.2) is 24.3 Å². The van der Waals surface area contributed by atoms with Gasteiger partial charge in [0.2, 0.25) is 0 Å². The Morgan fingerprint density at radius 3 is 2.67 bits per heavy atom. The summed E-state index contributed by atoms with van der Waals surface area (Å²) >= 11 is 0. The molecule has 0 aromatic heterocycles. The van der Waals surface area contributed by atoms with Gasteiger partial charge in [-0.15, -0.1) is 0 Å². The van der Waals surface area contributed by atoms with Gasteiger partial charge in [0.15, 0.2) is 0 Å². The molecular formula is C13H18O2. The van der Waals surface area contributed by atoms with E-state index in [0.717, 1.165) is 12.2 Å². The van der Waals surface area contributed by atoms with Crippen molar-refractivity contribution in [3.05, 3.63) is 29.8 Å². The molecule has 2 heteroatoms. The minimum atomic E-state index is -0.172. The predicted molar refractivity (Wildman–Crippen MR) is 60.1 cm³/mol. The van der Waals surface area contributed by atoms with Crippen LogP contribution in [0.3, 0.4) is 0 Å². The van der Waals surface area contributed by atoms with E-state index in [2.05, 4.69) is 26.0 Å². The molecule has 0 radical (unpaired) electrons. The zero-order chi connectivity index (χ0) is 11.1. The summed E-state index contributed by atoms with van der Waals surface area (Å²) in [6.45, 7) is 4.23. The first-order chi connectivity index (χ1) is 7.05. The highest BCUT2D eigenvalue weighted by atomic mass is 16.5. The Hall–Kier alpha value is -1.02. The quantitative estimate of drug-likeness (QED) is 0.805. The fraction of sp³-hybridized carbons (Fsp3) is 0.538. The number of aliphatic hydroxyl groups excluding tert-OH is 1. The predicted octanol–water partition coefficient (Wildman–Crippen LogP) is 2.57. The lowest BCUT2D eigenvalue weighted by atomic mass is 9.58. The first-order valence-electron chi connectivity index (χ1n) is 5.37. The second-order valence-electron chi connectivity index (χ2n) is 4.90. The molecule has 1 aliphatic rings. The van der Waals surface area contributed by atoms with Crippen LogP contribution in [0.5, 0.6) is 5.75 Å². The highest BCUT2D eigenvalue weighted by molar-refractivity contribution is 5.34. The molecule has 2 nitrogen and oxygen atoms in total. The molecule has 2 unspecified atom stereocenters. The van der Waals surface area contributed by atoms with Crippen LogP contribution < -0.4 is 4.74 Å². The Balaban J connectivity index is 2.24. The molecular weight excluding hydrogens is 188 g/mol. The fourth-order valence-corrected chi connectivity index (χ4v) is 2.33. The first kappa shape index (κ1) is 10.5. The van der Waals surface area contributed by atoms with Crippen molar-refractivity contribution in [2.75, 3.05) is 7.11 Å². The van der Waals surface area contributed by atoms with E-state index in [-0.39, 0.29) is 11.5 Å². The second-order valence-corrected chi connectivity index (χ2v) is 4.90. The van der Waals surface area contributed by atoms with Crippen LogP contribution in [-0.4, -0.2) is 18.3 Å². The maximum Gasteiger partial charge on any atom is 0.119 e. The number of hydrogen-bond donors (Lipinski definition) is 1. The van der Waals surface area contributed by atoms with Gasteiger partial charge in [-0.2, -0.15) is 0 Å². The van der Waals surface area contributed by atoms with Gasteiger partial charge in [-0.1, -0.05) is 26.0 Å². The number of benzene rings is 1. The Labute approximate surface area is 90.9 Å². The number of methoxy groups -OCH3 is 1. The summed E-state index contributed by atoms with van der Waals surface area (Å²) in [6, 6.07) is 8.14. The molecule has 0 amide bonds. The third-order valence-electron chi connectivity index (χ3n) is 3.71. The van der Waals surface area contributed by atoms with Gasteiger partial charge in [-0.25, -0.2) is 0 Å². The molecule has 2 atom stereocenters. The molecule has 0 bridgehead atoms. The molecule has 0 heterocycles. The Morgan fingerprint density at radius 2 is 2.13 bits per heavy atom. The summed E-state index contributed by atoms with van der Waals surface area (Å²) in [5.74, 6) is 1.34. The summed E-state index contributed by atoms with van der Waals surface area (Å²) in [5, 5.41) is 9.70. The second kappa shape index (κ2) is 3.53. The van der Waals surface area contributed by atoms with E-state index in [1.165, 1.54) is 5.56 Å². The lowest BCUT2D eigenvalue weighted by molar-refractivity contribution is -0.0625. The van der Waals surface area contributed by atoms with Crippen molar-refractivity contribution >= 4 is 0 Å². The molecule has 15 heavy (non-hydrogen) atoms. The van der Waals surface area contributed by atoms with Gasteiger partial charge < -0.3 is 9.84 Å². The van der Waals surface area contributed by atoms with Crippen molar-refractivity contribution in [3.8, 4) is 5.75 Å². The van der Waals surface area contributed by atoms with Gasteiger partial charge in [0.05, 0.1) is 13.2 Å². The van der Waals surface area contributed by atoms with E-state index in [9.17, 15) is 5.11 Å². The molecule has 0 aliphatic heterocycles. The highest BCUT2D eigenvalue weighted by Gasteiger charge is 2.47. The summed E-state index contributed by atoms with van der Waals surface area (Å²) in [4.78, 5) is 0. The lowest BCUT2D eigenvalue weighted by Crippen LogP contribution is -2.47. The van der Waals surface area contributed by atoms with Crippen LogP contribution in [0, 0.1) is 5.41 Å². The third kappa shape index (κ3) is 1.63. The van der Waals surface area contributed by atoms with Crippen LogP contribution in [0.1, 0.15) is 31.7 Å². The monoisotopic (exact) mass is 206 g/mol. The standard InChI is InChI=1S/C13H18O2/c1-13(2)11(8-12(13)14)9-5-4-6-10(7-9)15-3/h4-7,11-12,14H,8H2,1-3H3. The van der Waals surface area contributed by atoms with Crippen molar-refractivity contribution in [2.45, 2.75) is 32.3 Å². The zero-order valence-corrected chi connectivity index (χ0v) is 9.53. The number of aliphatic hydroxyl groups is 1. The smallest absolute Gasteiger partial charge is 0.119 e. The summed E-state index contributed by atoms with van der Waals surface area (Å²) < 4.78 is 5.21. The van der Waals surface area contributed by atoms with Crippen LogP contribution in [0.2, 0.25) is 0 Å². The molecule has 2 rings (SSSR count). The molecule has 1 fully saturated rings. The van der Waals surface area contributed by atoms with E-state index in [0.29, 0.717) is 5.92 Å². The van der Waals surface area contributed by atoms with E-state index in [1.54, 1.807) is 7.11 Å². The molecule has 1 aromatic carbocycles. The summed E-state index contributed by atoms with van der Waals surface area (Å²) in [6.07, 6.45) is 0.689. The number of hydrogen-bond acceptors (Lipinski definition) is 2. The van der Waals surface area contributed by atoms with Gasteiger partial charge in [-0.3, -0.25) is 0 Å². The van der Waals surface area contributed by atoms with Gasteiger partial charge in [-0.05, 0) is 35.4 Å². The van der Waals surface area contributed by atoms with E-state index >= 15 is 0 Å². The largest absolute Gasteiger partial charge is 0.497 e. The molecule has 1 aromatic rings. The molecule has 1 N–H and O–H groups in total. The van der Waals surface area contributed by atoms with Crippen LogP contribution >= 0.6 is 0 Å². The molecule has 1 saturated carbocycles. The van der Waals surface area contributed by atoms with E-state index < -0.39 is 0 Å². The fourth-order valence-electron chi connectivity index (χ4n) is 2.33. The molecule has 0 saturated heterocycles. The van der Waals surface area contributed by atoms with Crippen molar-refractivity contribution < 1.29 is 9.84 Å². The summed E-state index contributed by atoms with van der Waals surface area (Å²) in [7, 11) is 1.68. The van der Waals surface area contributed by atoms with Crippen molar-refractivity contribution in [1.29, 1.82) is 0 Å². The van der Waals surface area contributed by atoms with Crippen molar-refractivity contribution in [1.82, 2.24) is 0 Å². The lowest BCUT2D eigenvalue weighted by Gasteiger charge is -2.49. The average Bonchev–Trinajstić information content (AvgIpc) is 2.25. The third-order valence-corrected chi connectivity index (χ3v) is 3.71. The van der Waals surface area contributed by atoms with Gasteiger partial charge >= 0.3 is 0 Å². The van der Waals surface area contributed by atoms with Crippen LogP contribution in [0.4, 0.5) is 0 Å². The molecule has 0 spiro atoms. The molecule has 82 valence electrons. The number of ether oxygens (including phenoxy) is 1. The molecule has 1 aliphatic carbocycles. The number of rotatable bonds is 2. The maximum absolute atomic E-state index is 9.70. The minimum absolute atomic E-state index is 0.00757. The zero-order valence-electron chi connectivity index (χ0n) is 9.53. The normalized spacial score (nSPS) is 28.3. The van der Waals surface area contributed by atoms with Gasteiger partial charge in [0.25, 0.3) is 0 Å². The van der Waals surface area contributed by atoms with Crippen LogP contribution in [0.25, 0.3) is 0 Å². The van der Waals surface area contributed by atoms with Crippen LogP contribution in [-0.2, 0) is 0 Å². The Morgan fingerprint density at radius 1 is 1.40 bits per heavy atom. The van der Waals surface area contributed by atoms with E-state index in [4.69, 9.17) is 4.74 Å². The van der Waals surface area contributed by atoms with E-state index in [1.807, 2.05) is 12.1 Å². The van der Waals surface area contributed by atoms with Gasteiger partial charge in [0.1, 0.15) is 5.75 Å². The summed E-state index contributed by atoms with van der Waals surface area (Å²) in [5.41, 5.74) is 1.26. The SMILES string of the molecule is COc1cccc(C2CC(O)C2(C)C)c1. The Kier molecular flexibility index (Phi) is 2.47. The minimum Gasteiger partial charge on any atom is -0.497 e. The van der Waals surface area contributed by atoms with Crippen molar-refractivity contribution in [2.24, 2.45) is 5.41 Å². The van der Waals surface area contributed by atoms with Crippen molar-refractivity contribution in [3.63, 3.8) is 0 Å². The Bertz CT molecular complexity index is 357. The van der Waals surface area contributed by atoms with Gasteiger partial charge in [0, 0.05) is 0 Å². The average molecular weight is 206 g/mol.